The van der Waals surface area contributed by atoms with Gasteiger partial charge in [-0.1, -0.05) is 6.92 Å². The third-order valence-corrected chi connectivity index (χ3v) is 3.69. The Hall–Kier alpha value is -0.690. The van der Waals surface area contributed by atoms with Gasteiger partial charge in [0.25, 0.3) is 0 Å². The molecule has 0 aromatic rings. The summed E-state index contributed by atoms with van der Waals surface area (Å²) in [6.07, 6.45) is -1.06. The van der Waals surface area contributed by atoms with Crippen molar-refractivity contribution in [1.29, 1.82) is 0 Å². The summed E-state index contributed by atoms with van der Waals surface area (Å²) >= 11 is 0. The summed E-state index contributed by atoms with van der Waals surface area (Å²) in [5, 5.41) is 2.76. The maximum atomic E-state index is 13.1. The summed E-state index contributed by atoms with van der Waals surface area (Å²) in [7, 11) is -3.69. The lowest BCUT2D eigenvalue weighted by molar-refractivity contribution is -0.119. The molecule has 0 aromatic heterocycles. The van der Waals surface area contributed by atoms with Crippen LogP contribution in [0.2, 0.25) is 0 Å². The van der Waals surface area contributed by atoms with E-state index < -0.39 is 28.0 Å². The summed E-state index contributed by atoms with van der Waals surface area (Å²) in [4.78, 5) is 10.9. The van der Waals surface area contributed by atoms with Crippen molar-refractivity contribution in [3.8, 4) is 0 Å². The molecule has 1 aliphatic heterocycles. The van der Waals surface area contributed by atoms with E-state index in [1.54, 1.807) is 6.92 Å². The first-order valence-corrected chi connectivity index (χ1v) is 6.48. The second kappa shape index (κ2) is 4.89. The first-order valence-electron chi connectivity index (χ1n) is 4.82. The third kappa shape index (κ3) is 3.75. The molecule has 0 bridgehead atoms. The van der Waals surface area contributed by atoms with Crippen LogP contribution in [0, 0.1) is 5.92 Å². The monoisotopic (exact) mass is 238 g/mol. The SMILES string of the molecule is CCC(=O)NS(=O)(=O)C[C@@H]1CNC[C@@H]1F. The number of hydrogen-bond acceptors (Lipinski definition) is 4. The Bertz CT molecular complexity index is 331. The molecule has 88 valence electrons. The minimum Gasteiger partial charge on any atom is -0.313 e. The average molecular weight is 238 g/mol. The van der Waals surface area contributed by atoms with Crippen LogP contribution in [0.4, 0.5) is 4.39 Å². The number of amides is 1. The molecule has 1 aliphatic rings. The number of nitrogens with one attached hydrogen (secondary N) is 2. The van der Waals surface area contributed by atoms with Crippen LogP contribution < -0.4 is 10.0 Å². The fraction of sp³-hybridized carbons (Fsp3) is 0.875. The minimum atomic E-state index is -3.69. The van der Waals surface area contributed by atoms with Crippen LogP contribution in [0.25, 0.3) is 0 Å². The number of carbonyl (C=O) groups is 1. The maximum Gasteiger partial charge on any atom is 0.235 e. The van der Waals surface area contributed by atoms with Gasteiger partial charge < -0.3 is 5.32 Å². The molecular formula is C8H15FN2O3S. The molecule has 0 unspecified atom stereocenters. The molecule has 0 radical (unpaired) electrons. The van der Waals surface area contributed by atoms with Crippen LogP contribution >= 0.6 is 0 Å². The molecule has 1 amide bonds. The smallest absolute Gasteiger partial charge is 0.235 e. The molecule has 2 N–H and O–H groups in total. The van der Waals surface area contributed by atoms with Gasteiger partial charge in [-0.25, -0.2) is 12.8 Å². The van der Waals surface area contributed by atoms with Crippen molar-refractivity contribution in [3.63, 3.8) is 0 Å². The van der Waals surface area contributed by atoms with E-state index in [2.05, 4.69) is 5.32 Å². The third-order valence-electron chi connectivity index (χ3n) is 2.28. The Kier molecular flexibility index (Phi) is 4.04. The van der Waals surface area contributed by atoms with E-state index in [1.165, 1.54) is 0 Å². The molecule has 0 spiro atoms. The highest BCUT2D eigenvalue weighted by Gasteiger charge is 2.31. The number of sulfonamides is 1. The second-order valence-electron chi connectivity index (χ2n) is 3.59. The fourth-order valence-electron chi connectivity index (χ4n) is 1.43. The van der Waals surface area contributed by atoms with Crippen LogP contribution in [-0.4, -0.2) is 39.3 Å². The van der Waals surface area contributed by atoms with E-state index in [0.717, 1.165) is 0 Å². The lowest BCUT2D eigenvalue weighted by atomic mass is 10.1. The number of halogens is 1. The van der Waals surface area contributed by atoms with Gasteiger partial charge in [0, 0.05) is 25.4 Å². The predicted molar refractivity (Wildman–Crippen MR) is 53.5 cm³/mol. The molecule has 1 fully saturated rings. The lowest BCUT2D eigenvalue weighted by Gasteiger charge is -2.12. The zero-order chi connectivity index (χ0) is 11.5. The van der Waals surface area contributed by atoms with Crippen molar-refractivity contribution in [2.75, 3.05) is 18.8 Å². The maximum absolute atomic E-state index is 13.1. The number of alkyl halides is 1. The molecule has 0 saturated carbocycles. The Morgan fingerprint density at radius 3 is 2.67 bits per heavy atom. The number of hydrogen-bond donors (Lipinski definition) is 2. The molecule has 1 rings (SSSR count). The molecule has 5 nitrogen and oxygen atoms in total. The highest BCUT2D eigenvalue weighted by molar-refractivity contribution is 7.90. The van der Waals surface area contributed by atoms with Crippen LogP contribution in [0.1, 0.15) is 13.3 Å². The quantitative estimate of drug-likeness (QED) is 0.686. The van der Waals surface area contributed by atoms with E-state index >= 15 is 0 Å². The normalized spacial score (nSPS) is 26.5. The summed E-state index contributed by atoms with van der Waals surface area (Å²) < 4.78 is 37.7. The highest BCUT2D eigenvalue weighted by atomic mass is 32.2. The lowest BCUT2D eigenvalue weighted by Crippen LogP contribution is -2.36. The van der Waals surface area contributed by atoms with Crippen molar-refractivity contribution in [1.82, 2.24) is 10.0 Å². The van der Waals surface area contributed by atoms with E-state index in [9.17, 15) is 17.6 Å². The first kappa shape index (κ1) is 12.4. The summed E-state index contributed by atoms with van der Waals surface area (Å²) in [6.45, 7) is 2.07. The van der Waals surface area contributed by atoms with Gasteiger partial charge in [0.05, 0.1) is 5.75 Å². The molecule has 1 heterocycles. The van der Waals surface area contributed by atoms with Gasteiger partial charge in [0.15, 0.2) is 0 Å². The van der Waals surface area contributed by atoms with Crippen molar-refractivity contribution in [2.45, 2.75) is 19.5 Å². The molecular weight excluding hydrogens is 223 g/mol. The summed E-state index contributed by atoms with van der Waals surface area (Å²) in [5.74, 6) is -1.46. The molecule has 1 saturated heterocycles. The molecule has 0 aromatic carbocycles. The molecule has 15 heavy (non-hydrogen) atoms. The zero-order valence-corrected chi connectivity index (χ0v) is 9.31. The second-order valence-corrected chi connectivity index (χ2v) is 5.36. The van der Waals surface area contributed by atoms with Crippen molar-refractivity contribution in [2.24, 2.45) is 5.92 Å². The Labute approximate surface area is 88.5 Å². The van der Waals surface area contributed by atoms with E-state index in [4.69, 9.17) is 0 Å². The van der Waals surface area contributed by atoms with Crippen molar-refractivity contribution >= 4 is 15.9 Å². The number of rotatable bonds is 4. The van der Waals surface area contributed by atoms with Gasteiger partial charge in [-0.3, -0.25) is 9.52 Å². The Morgan fingerprint density at radius 2 is 2.20 bits per heavy atom. The minimum absolute atomic E-state index is 0.0984. The Balaban J connectivity index is 2.52. The van der Waals surface area contributed by atoms with Gasteiger partial charge in [0.1, 0.15) is 6.17 Å². The van der Waals surface area contributed by atoms with Crippen LogP contribution in [0.5, 0.6) is 0 Å². The predicted octanol–water partition coefficient (Wildman–Crippen LogP) is -0.600. The molecule has 7 heteroatoms. The van der Waals surface area contributed by atoms with E-state index in [0.29, 0.717) is 6.54 Å². The molecule has 2 atom stereocenters. The van der Waals surface area contributed by atoms with Gasteiger partial charge in [-0.15, -0.1) is 0 Å². The summed E-state index contributed by atoms with van der Waals surface area (Å²) in [6, 6.07) is 0. The number of carbonyl (C=O) groups excluding carboxylic acids is 1. The molecule has 0 aliphatic carbocycles. The highest BCUT2D eigenvalue weighted by Crippen LogP contribution is 2.14. The fourth-order valence-corrected chi connectivity index (χ4v) is 2.90. The first-order chi connectivity index (χ1) is 6.94. The van der Waals surface area contributed by atoms with Crippen molar-refractivity contribution < 1.29 is 17.6 Å². The van der Waals surface area contributed by atoms with E-state index in [-0.39, 0.29) is 18.7 Å². The summed E-state index contributed by atoms with van der Waals surface area (Å²) in [5.41, 5.74) is 0. The van der Waals surface area contributed by atoms with Crippen LogP contribution in [0.15, 0.2) is 0 Å². The van der Waals surface area contributed by atoms with Gasteiger partial charge in [-0.2, -0.15) is 0 Å². The van der Waals surface area contributed by atoms with Crippen LogP contribution in [-0.2, 0) is 14.8 Å². The standard InChI is InChI=1S/C8H15FN2O3S/c1-2-8(12)11-15(13,14)5-6-3-10-4-7(6)9/h6-7,10H,2-5H2,1H3,(H,11,12)/t6-,7-/m0/s1. The van der Waals surface area contributed by atoms with E-state index in [1.807, 2.05) is 4.72 Å². The van der Waals surface area contributed by atoms with Crippen LogP contribution in [0.3, 0.4) is 0 Å². The zero-order valence-electron chi connectivity index (χ0n) is 8.49. The van der Waals surface area contributed by atoms with Crippen molar-refractivity contribution in [3.05, 3.63) is 0 Å². The van der Waals surface area contributed by atoms with Gasteiger partial charge in [0.2, 0.25) is 15.9 Å². The largest absolute Gasteiger partial charge is 0.313 e. The average Bonchev–Trinajstić information content (AvgIpc) is 2.50. The topological polar surface area (TPSA) is 75.3 Å². The van der Waals surface area contributed by atoms with Gasteiger partial charge in [-0.05, 0) is 0 Å². The Morgan fingerprint density at radius 1 is 1.53 bits per heavy atom. The van der Waals surface area contributed by atoms with Gasteiger partial charge >= 0.3 is 0 Å².